The second kappa shape index (κ2) is 6.19. The highest BCUT2D eigenvalue weighted by Crippen LogP contribution is 2.18. The summed E-state index contributed by atoms with van der Waals surface area (Å²) < 4.78 is 1.70. The standard InChI is InChI=1S/C17H14ClN5O2/c18-12-1-3-14-10(6-12)5-11(17(25)20-14)7-19-13-2-4-15-21-22-16(9-24)23(15)8-13/h1-6,8,19,24H,7,9H2,(H,20,25). The molecule has 0 aliphatic heterocycles. The first-order valence-corrected chi connectivity index (χ1v) is 8.02. The topological polar surface area (TPSA) is 95.3 Å². The highest BCUT2D eigenvalue weighted by atomic mass is 35.5. The molecule has 25 heavy (non-hydrogen) atoms. The maximum absolute atomic E-state index is 12.2. The van der Waals surface area contributed by atoms with Crippen LogP contribution < -0.4 is 10.9 Å². The Bertz CT molecular complexity index is 1130. The number of aromatic amines is 1. The minimum atomic E-state index is -0.199. The van der Waals surface area contributed by atoms with Gasteiger partial charge in [-0.15, -0.1) is 10.2 Å². The minimum absolute atomic E-state index is 0.149. The molecule has 1 aromatic carbocycles. The number of rotatable bonds is 4. The number of hydrogen-bond acceptors (Lipinski definition) is 5. The third-order valence-corrected chi connectivity index (χ3v) is 4.22. The summed E-state index contributed by atoms with van der Waals surface area (Å²) in [6.07, 6.45) is 1.78. The summed E-state index contributed by atoms with van der Waals surface area (Å²) in [5.74, 6) is 0.455. The zero-order valence-electron chi connectivity index (χ0n) is 13.0. The van der Waals surface area contributed by atoms with Gasteiger partial charge >= 0.3 is 0 Å². The average Bonchev–Trinajstić information content (AvgIpc) is 3.02. The Morgan fingerprint density at radius 3 is 2.92 bits per heavy atom. The fraction of sp³-hybridized carbons (Fsp3) is 0.118. The molecule has 0 amide bonds. The van der Waals surface area contributed by atoms with Crippen LogP contribution in [-0.4, -0.2) is 24.7 Å². The van der Waals surface area contributed by atoms with Crippen molar-refractivity contribution in [2.24, 2.45) is 0 Å². The first kappa shape index (κ1) is 15.6. The van der Waals surface area contributed by atoms with Crippen molar-refractivity contribution in [2.75, 3.05) is 5.32 Å². The van der Waals surface area contributed by atoms with Gasteiger partial charge in [-0.1, -0.05) is 11.6 Å². The number of H-pyrrole nitrogens is 1. The summed E-state index contributed by atoms with van der Waals surface area (Å²) in [6, 6.07) is 10.8. The van der Waals surface area contributed by atoms with Gasteiger partial charge in [-0.2, -0.15) is 0 Å². The van der Waals surface area contributed by atoms with Gasteiger partial charge in [0.1, 0.15) is 6.61 Å². The predicted octanol–water partition coefficient (Wildman–Crippen LogP) is 2.33. The van der Waals surface area contributed by atoms with Crippen LogP contribution in [-0.2, 0) is 13.2 Å². The SMILES string of the molecule is O=c1[nH]c2ccc(Cl)cc2cc1CNc1ccc2nnc(CO)n2c1. The van der Waals surface area contributed by atoms with E-state index in [0.717, 1.165) is 16.6 Å². The third-order valence-electron chi connectivity index (χ3n) is 3.98. The molecule has 0 saturated heterocycles. The van der Waals surface area contributed by atoms with Crippen LogP contribution in [0, 0.1) is 0 Å². The lowest BCUT2D eigenvalue weighted by Crippen LogP contribution is -2.15. The number of nitrogens with zero attached hydrogens (tertiary/aromatic N) is 3. The van der Waals surface area contributed by atoms with Crippen molar-refractivity contribution in [1.29, 1.82) is 0 Å². The van der Waals surface area contributed by atoms with E-state index in [2.05, 4.69) is 20.5 Å². The molecule has 0 unspecified atom stereocenters. The first-order valence-electron chi connectivity index (χ1n) is 7.64. The number of pyridine rings is 2. The van der Waals surface area contributed by atoms with Gasteiger partial charge in [0.25, 0.3) is 5.56 Å². The molecule has 0 bridgehead atoms. The van der Waals surface area contributed by atoms with Gasteiger partial charge in [0, 0.05) is 34.2 Å². The number of halogens is 1. The normalized spacial score (nSPS) is 11.3. The second-order valence-electron chi connectivity index (χ2n) is 5.63. The molecule has 126 valence electrons. The zero-order valence-corrected chi connectivity index (χ0v) is 13.8. The summed E-state index contributed by atoms with van der Waals surface area (Å²) in [5.41, 5.74) is 2.63. The Labute approximate surface area is 146 Å². The molecule has 0 saturated carbocycles. The molecule has 0 aliphatic carbocycles. The van der Waals surface area contributed by atoms with Crippen molar-refractivity contribution < 1.29 is 5.11 Å². The highest BCUT2D eigenvalue weighted by molar-refractivity contribution is 6.31. The Balaban J connectivity index is 1.63. The van der Waals surface area contributed by atoms with Crippen molar-refractivity contribution in [3.05, 3.63) is 69.4 Å². The number of aliphatic hydroxyl groups is 1. The van der Waals surface area contributed by atoms with Crippen molar-refractivity contribution in [2.45, 2.75) is 13.2 Å². The molecule has 7 nitrogen and oxygen atoms in total. The van der Waals surface area contributed by atoms with E-state index in [4.69, 9.17) is 11.6 Å². The lowest BCUT2D eigenvalue weighted by molar-refractivity contribution is 0.270. The van der Waals surface area contributed by atoms with Gasteiger partial charge < -0.3 is 15.4 Å². The number of benzene rings is 1. The van der Waals surface area contributed by atoms with E-state index in [0.29, 0.717) is 28.6 Å². The van der Waals surface area contributed by atoms with E-state index < -0.39 is 0 Å². The number of nitrogens with one attached hydrogen (secondary N) is 2. The largest absolute Gasteiger partial charge is 0.388 e. The minimum Gasteiger partial charge on any atom is -0.388 e. The fourth-order valence-electron chi connectivity index (χ4n) is 2.70. The number of aromatic nitrogens is 4. The lowest BCUT2D eigenvalue weighted by Gasteiger charge is -2.08. The van der Waals surface area contributed by atoms with E-state index in [1.54, 1.807) is 28.8 Å². The van der Waals surface area contributed by atoms with Crippen LogP contribution in [0.5, 0.6) is 0 Å². The van der Waals surface area contributed by atoms with E-state index in [1.165, 1.54) is 0 Å². The third kappa shape index (κ3) is 2.95. The Kier molecular flexibility index (Phi) is 3.87. The maximum atomic E-state index is 12.2. The summed E-state index contributed by atoms with van der Waals surface area (Å²) in [6.45, 7) is 0.148. The Morgan fingerprint density at radius 2 is 2.08 bits per heavy atom. The molecule has 0 fully saturated rings. The van der Waals surface area contributed by atoms with Crippen LogP contribution in [0.2, 0.25) is 5.02 Å². The molecule has 0 atom stereocenters. The molecule has 0 spiro atoms. The van der Waals surface area contributed by atoms with Crippen LogP contribution in [0.1, 0.15) is 11.4 Å². The summed E-state index contributed by atoms with van der Waals surface area (Å²) in [5, 5.41) is 21.8. The van der Waals surface area contributed by atoms with E-state index in [1.807, 2.05) is 18.2 Å². The fourth-order valence-corrected chi connectivity index (χ4v) is 2.88. The van der Waals surface area contributed by atoms with Crippen molar-refractivity contribution in [1.82, 2.24) is 19.6 Å². The number of hydrogen-bond donors (Lipinski definition) is 3. The number of anilines is 1. The number of aliphatic hydroxyl groups excluding tert-OH is 1. The lowest BCUT2D eigenvalue weighted by atomic mass is 10.1. The zero-order chi connectivity index (χ0) is 17.4. The summed E-state index contributed by atoms with van der Waals surface area (Å²) in [7, 11) is 0. The summed E-state index contributed by atoms with van der Waals surface area (Å²) >= 11 is 6.01. The van der Waals surface area contributed by atoms with Crippen LogP contribution >= 0.6 is 11.6 Å². The molecule has 3 N–H and O–H groups in total. The van der Waals surface area contributed by atoms with E-state index >= 15 is 0 Å². The Hall–Kier alpha value is -2.90. The molecular formula is C17H14ClN5O2. The monoisotopic (exact) mass is 355 g/mol. The molecule has 8 heteroatoms. The molecular weight excluding hydrogens is 342 g/mol. The van der Waals surface area contributed by atoms with Gasteiger partial charge in [-0.3, -0.25) is 9.20 Å². The predicted molar refractivity (Wildman–Crippen MR) is 95.8 cm³/mol. The van der Waals surface area contributed by atoms with E-state index in [-0.39, 0.29) is 12.2 Å². The Morgan fingerprint density at radius 1 is 1.20 bits per heavy atom. The molecule has 4 aromatic rings. The van der Waals surface area contributed by atoms with Crippen LogP contribution in [0.3, 0.4) is 0 Å². The van der Waals surface area contributed by atoms with Crippen molar-refractivity contribution in [3.63, 3.8) is 0 Å². The van der Waals surface area contributed by atoms with Gasteiger partial charge in [0.15, 0.2) is 11.5 Å². The molecule has 0 aliphatic rings. The van der Waals surface area contributed by atoms with Crippen molar-refractivity contribution >= 4 is 33.8 Å². The van der Waals surface area contributed by atoms with E-state index in [9.17, 15) is 9.90 Å². The van der Waals surface area contributed by atoms with Gasteiger partial charge in [0.05, 0.1) is 5.69 Å². The van der Waals surface area contributed by atoms with Crippen LogP contribution in [0.4, 0.5) is 5.69 Å². The van der Waals surface area contributed by atoms with Crippen LogP contribution in [0.25, 0.3) is 16.6 Å². The molecule has 3 aromatic heterocycles. The van der Waals surface area contributed by atoms with Crippen molar-refractivity contribution in [3.8, 4) is 0 Å². The maximum Gasteiger partial charge on any atom is 0.253 e. The quantitative estimate of drug-likeness (QED) is 0.522. The smallest absolute Gasteiger partial charge is 0.253 e. The van der Waals surface area contributed by atoms with Gasteiger partial charge in [-0.05, 0) is 36.4 Å². The summed E-state index contributed by atoms with van der Waals surface area (Å²) in [4.78, 5) is 15.1. The first-order chi connectivity index (χ1) is 12.1. The highest BCUT2D eigenvalue weighted by Gasteiger charge is 2.07. The molecule has 0 radical (unpaired) electrons. The average molecular weight is 356 g/mol. The second-order valence-corrected chi connectivity index (χ2v) is 6.07. The molecule has 3 heterocycles. The number of fused-ring (bicyclic) bond motifs is 2. The van der Waals surface area contributed by atoms with Gasteiger partial charge in [-0.25, -0.2) is 0 Å². The van der Waals surface area contributed by atoms with Crippen LogP contribution in [0.15, 0.2) is 47.4 Å². The molecule has 4 rings (SSSR count). The van der Waals surface area contributed by atoms with Gasteiger partial charge in [0.2, 0.25) is 0 Å².